The number of nitrogens with one attached hydrogen (secondary N) is 1. The molecule has 0 saturated carbocycles. The molecule has 1 amide bonds. The molecule has 0 unspecified atom stereocenters. The van der Waals surface area contributed by atoms with E-state index in [0.29, 0.717) is 16.9 Å². The first kappa shape index (κ1) is 14.4. The summed E-state index contributed by atoms with van der Waals surface area (Å²) in [4.78, 5) is 11.8. The molecule has 0 radical (unpaired) electrons. The Labute approximate surface area is 121 Å². The highest BCUT2D eigenvalue weighted by atomic mass is 16.5. The number of hydrazone groups is 1. The van der Waals surface area contributed by atoms with Crippen molar-refractivity contribution in [2.24, 2.45) is 5.10 Å². The molecular formula is C15H14N2O4. The molecule has 6 nitrogen and oxygen atoms in total. The SMILES string of the molecule is COc1ccc(C(=O)N/N=C/c2ccc(O)cc2O)cc1. The van der Waals surface area contributed by atoms with Crippen LogP contribution in [0.5, 0.6) is 17.2 Å². The Morgan fingerprint density at radius 1 is 1.19 bits per heavy atom. The van der Waals surface area contributed by atoms with Crippen LogP contribution in [0.4, 0.5) is 0 Å². The summed E-state index contributed by atoms with van der Waals surface area (Å²) in [5, 5.41) is 22.5. The van der Waals surface area contributed by atoms with Crippen molar-refractivity contribution in [1.29, 1.82) is 0 Å². The van der Waals surface area contributed by atoms with E-state index < -0.39 is 0 Å². The number of phenolic OH excluding ortho intramolecular Hbond substituents is 2. The summed E-state index contributed by atoms with van der Waals surface area (Å²) in [7, 11) is 1.55. The number of hydrogen-bond donors (Lipinski definition) is 3. The van der Waals surface area contributed by atoms with E-state index in [9.17, 15) is 9.90 Å². The lowest BCUT2D eigenvalue weighted by molar-refractivity contribution is 0.0955. The first-order chi connectivity index (χ1) is 10.1. The smallest absolute Gasteiger partial charge is 0.271 e. The highest BCUT2D eigenvalue weighted by Gasteiger charge is 2.04. The summed E-state index contributed by atoms with van der Waals surface area (Å²) in [6.07, 6.45) is 1.29. The van der Waals surface area contributed by atoms with Crippen molar-refractivity contribution in [3.63, 3.8) is 0 Å². The molecule has 0 bridgehead atoms. The minimum absolute atomic E-state index is 0.0491. The van der Waals surface area contributed by atoms with Gasteiger partial charge in [0, 0.05) is 17.2 Å². The van der Waals surface area contributed by atoms with E-state index in [1.165, 1.54) is 24.4 Å². The number of benzene rings is 2. The van der Waals surface area contributed by atoms with Crippen LogP contribution < -0.4 is 10.2 Å². The molecule has 0 aliphatic carbocycles. The largest absolute Gasteiger partial charge is 0.508 e. The van der Waals surface area contributed by atoms with E-state index in [1.54, 1.807) is 31.4 Å². The fraction of sp³-hybridized carbons (Fsp3) is 0.0667. The minimum atomic E-state index is -0.382. The molecule has 0 aromatic heterocycles. The average Bonchev–Trinajstić information content (AvgIpc) is 2.49. The van der Waals surface area contributed by atoms with Crippen molar-refractivity contribution < 1.29 is 19.7 Å². The second-order valence-corrected chi connectivity index (χ2v) is 4.17. The Morgan fingerprint density at radius 2 is 1.90 bits per heavy atom. The van der Waals surface area contributed by atoms with Crippen molar-refractivity contribution in [2.75, 3.05) is 7.11 Å². The third-order valence-corrected chi connectivity index (χ3v) is 2.74. The highest BCUT2D eigenvalue weighted by Crippen LogP contribution is 2.20. The van der Waals surface area contributed by atoms with E-state index in [1.807, 2.05) is 0 Å². The predicted octanol–water partition coefficient (Wildman–Crippen LogP) is 1.87. The Bertz CT molecular complexity index is 666. The molecule has 2 aromatic rings. The van der Waals surface area contributed by atoms with Crippen LogP contribution in [-0.2, 0) is 0 Å². The number of amides is 1. The fourth-order valence-electron chi connectivity index (χ4n) is 1.61. The van der Waals surface area contributed by atoms with Gasteiger partial charge in [0.05, 0.1) is 13.3 Å². The Balaban J connectivity index is 2.01. The molecule has 0 heterocycles. The number of nitrogens with zero attached hydrogens (tertiary/aromatic N) is 1. The molecule has 0 spiro atoms. The van der Waals surface area contributed by atoms with E-state index in [-0.39, 0.29) is 17.4 Å². The van der Waals surface area contributed by atoms with Gasteiger partial charge in [0.2, 0.25) is 0 Å². The lowest BCUT2D eigenvalue weighted by Crippen LogP contribution is -2.17. The normalized spacial score (nSPS) is 10.5. The van der Waals surface area contributed by atoms with Crippen LogP contribution >= 0.6 is 0 Å². The number of methoxy groups -OCH3 is 1. The van der Waals surface area contributed by atoms with Crippen LogP contribution in [0.15, 0.2) is 47.6 Å². The van der Waals surface area contributed by atoms with Gasteiger partial charge in [-0.3, -0.25) is 4.79 Å². The summed E-state index contributed by atoms with van der Waals surface area (Å²) in [5.74, 6) is 0.0978. The summed E-state index contributed by atoms with van der Waals surface area (Å²) in [6.45, 7) is 0. The summed E-state index contributed by atoms with van der Waals surface area (Å²) >= 11 is 0. The van der Waals surface area contributed by atoms with Gasteiger partial charge in [-0.1, -0.05) is 0 Å². The molecule has 0 fully saturated rings. The molecule has 2 rings (SSSR count). The topological polar surface area (TPSA) is 91.2 Å². The van der Waals surface area contributed by atoms with Crippen molar-refractivity contribution in [2.45, 2.75) is 0 Å². The van der Waals surface area contributed by atoms with E-state index >= 15 is 0 Å². The minimum Gasteiger partial charge on any atom is -0.508 e. The van der Waals surface area contributed by atoms with Crippen molar-refractivity contribution >= 4 is 12.1 Å². The second kappa shape index (κ2) is 6.42. The quantitative estimate of drug-likeness (QED) is 0.591. The first-order valence-corrected chi connectivity index (χ1v) is 6.09. The number of rotatable bonds is 4. The molecular weight excluding hydrogens is 272 g/mol. The van der Waals surface area contributed by atoms with Crippen molar-refractivity contribution in [1.82, 2.24) is 5.43 Å². The molecule has 0 aliphatic rings. The van der Waals surface area contributed by atoms with Gasteiger partial charge >= 0.3 is 0 Å². The Kier molecular flexibility index (Phi) is 4.40. The van der Waals surface area contributed by atoms with Gasteiger partial charge in [0.1, 0.15) is 17.2 Å². The molecule has 6 heteroatoms. The first-order valence-electron chi connectivity index (χ1n) is 6.09. The zero-order valence-electron chi connectivity index (χ0n) is 11.3. The number of carbonyl (C=O) groups is 1. The summed E-state index contributed by atoms with van der Waals surface area (Å²) < 4.78 is 5.00. The van der Waals surface area contributed by atoms with Gasteiger partial charge in [-0.15, -0.1) is 0 Å². The second-order valence-electron chi connectivity index (χ2n) is 4.17. The lowest BCUT2D eigenvalue weighted by atomic mass is 10.2. The summed E-state index contributed by atoms with van der Waals surface area (Å²) in [6, 6.07) is 10.6. The van der Waals surface area contributed by atoms with Crippen LogP contribution in [0.25, 0.3) is 0 Å². The zero-order chi connectivity index (χ0) is 15.2. The molecule has 0 saturated heterocycles. The third-order valence-electron chi connectivity index (χ3n) is 2.74. The van der Waals surface area contributed by atoms with Crippen LogP contribution in [0, 0.1) is 0 Å². The maximum atomic E-state index is 11.8. The maximum absolute atomic E-state index is 11.8. The molecule has 21 heavy (non-hydrogen) atoms. The van der Waals surface area contributed by atoms with Gasteiger partial charge in [0.25, 0.3) is 5.91 Å². The van der Waals surface area contributed by atoms with Crippen molar-refractivity contribution in [3.05, 3.63) is 53.6 Å². The molecule has 2 aromatic carbocycles. The average molecular weight is 286 g/mol. The monoisotopic (exact) mass is 286 g/mol. The van der Waals surface area contributed by atoms with E-state index in [0.717, 1.165) is 0 Å². The molecule has 0 atom stereocenters. The van der Waals surface area contributed by atoms with Gasteiger partial charge in [-0.25, -0.2) is 5.43 Å². The molecule has 0 aliphatic heterocycles. The van der Waals surface area contributed by atoms with Gasteiger partial charge in [-0.2, -0.15) is 5.10 Å². The number of aromatic hydroxyl groups is 2. The maximum Gasteiger partial charge on any atom is 0.271 e. The Morgan fingerprint density at radius 3 is 2.52 bits per heavy atom. The van der Waals surface area contributed by atoms with Gasteiger partial charge < -0.3 is 14.9 Å². The van der Waals surface area contributed by atoms with Gasteiger partial charge in [-0.05, 0) is 36.4 Å². The summed E-state index contributed by atoms with van der Waals surface area (Å²) in [5.41, 5.74) is 3.15. The standard InChI is InChI=1S/C15H14N2O4/c1-21-13-6-3-10(4-7-13)15(20)17-16-9-11-2-5-12(18)8-14(11)19/h2-9,18-19H,1H3,(H,17,20)/b16-9+. The fourth-order valence-corrected chi connectivity index (χ4v) is 1.61. The van der Waals surface area contributed by atoms with E-state index in [2.05, 4.69) is 10.5 Å². The zero-order valence-corrected chi connectivity index (χ0v) is 11.3. The van der Waals surface area contributed by atoms with E-state index in [4.69, 9.17) is 9.84 Å². The van der Waals surface area contributed by atoms with Crippen molar-refractivity contribution in [3.8, 4) is 17.2 Å². The van der Waals surface area contributed by atoms with Crippen LogP contribution in [0.2, 0.25) is 0 Å². The Hall–Kier alpha value is -3.02. The molecule has 3 N–H and O–H groups in total. The number of ether oxygens (including phenoxy) is 1. The van der Waals surface area contributed by atoms with Crippen LogP contribution in [0.3, 0.4) is 0 Å². The van der Waals surface area contributed by atoms with Crippen LogP contribution in [-0.4, -0.2) is 29.4 Å². The number of phenols is 2. The van der Waals surface area contributed by atoms with Gasteiger partial charge in [0.15, 0.2) is 0 Å². The number of carbonyl (C=O) groups excluding carboxylic acids is 1. The third kappa shape index (κ3) is 3.73. The predicted molar refractivity (Wildman–Crippen MR) is 77.8 cm³/mol. The van der Waals surface area contributed by atoms with Crippen LogP contribution in [0.1, 0.15) is 15.9 Å². The molecule has 108 valence electrons. The number of hydrogen-bond acceptors (Lipinski definition) is 5. The highest BCUT2D eigenvalue weighted by molar-refractivity contribution is 5.95. The lowest BCUT2D eigenvalue weighted by Gasteiger charge is -2.02.